The monoisotopic (exact) mass is 446 g/mol. The fourth-order valence-electron chi connectivity index (χ4n) is 4.15. The standard InChI is InChI=1S/C27H33F3O2/c1-3-5-6-7-19-8-12-21(13-9-19)22-14-10-20(11-15-22)18-32-23-16-17-24(31-4-2)26(28)25(23)27(29)30/h8-10,12-14,16-17,20,22,27H,3-7,11,15,18H2,1-2H3. The predicted molar refractivity (Wildman–Crippen MR) is 122 cm³/mol. The maximum absolute atomic E-state index is 14.4. The summed E-state index contributed by atoms with van der Waals surface area (Å²) in [5.74, 6) is -0.867. The third-order valence-corrected chi connectivity index (χ3v) is 6.02. The zero-order valence-electron chi connectivity index (χ0n) is 19.0. The minimum absolute atomic E-state index is 0.111. The molecule has 0 saturated heterocycles. The quantitative estimate of drug-likeness (QED) is 0.257. The summed E-state index contributed by atoms with van der Waals surface area (Å²) in [4.78, 5) is 0. The number of hydrogen-bond acceptors (Lipinski definition) is 2. The Labute approximate surface area is 189 Å². The first-order valence-corrected chi connectivity index (χ1v) is 11.7. The van der Waals surface area contributed by atoms with Gasteiger partial charge in [0.1, 0.15) is 5.75 Å². The number of ether oxygens (including phenoxy) is 2. The fraction of sp³-hybridized carbons (Fsp3) is 0.481. The minimum atomic E-state index is -2.97. The molecule has 0 radical (unpaired) electrons. The SMILES string of the molecule is CCCCCc1ccc(C2C=CC(COc3ccc(OCC)c(F)c3C(F)F)CC2)cc1. The Morgan fingerprint density at radius 1 is 0.906 bits per heavy atom. The number of halogens is 3. The van der Waals surface area contributed by atoms with Crippen LogP contribution in [0.15, 0.2) is 48.6 Å². The largest absolute Gasteiger partial charge is 0.492 e. The normalized spacial score (nSPS) is 18.2. The van der Waals surface area contributed by atoms with Crippen LogP contribution >= 0.6 is 0 Å². The summed E-state index contributed by atoms with van der Waals surface area (Å²) in [5, 5.41) is 0. The van der Waals surface area contributed by atoms with Crippen LogP contribution in [0.1, 0.15) is 75.0 Å². The lowest BCUT2D eigenvalue weighted by molar-refractivity contribution is 0.136. The van der Waals surface area contributed by atoms with Gasteiger partial charge in [-0.3, -0.25) is 0 Å². The van der Waals surface area contributed by atoms with Crippen LogP contribution in [-0.4, -0.2) is 13.2 Å². The number of allylic oxidation sites excluding steroid dienone is 1. The van der Waals surface area contributed by atoms with Gasteiger partial charge < -0.3 is 9.47 Å². The van der Waals surface area contributed by atoms with Gasteiger partial charge in [0.05, 0.1) is 18.8 Å². The molecule has 174 valence electrons. The first-order chi connectivity index (χ1) is 15.5. The van der Waals surface area contributed by atoms with Gasteiger partial charge in [0, 0.05) is 11.8 Å². The van der Waals surface area contributed by atoms with Crippen LogP contribution in [0, 0.1) is 11.7 Å². The zero-order chi connectivity index (χ0) is 22.9. The van der Waals surface area contributed by atoms with Crippen molar-refractivity contribution in [1.82, 2.24) is 0 Å². The Balaban J connectivity index is 1.57. The van der Waals surface area contributed by atoms with Gasteiger partial charge in [0.25, 0.3) is 6.43 Å². The Bertz CT molecular complexity index is 877. The molecule has 0 amide bonds. The van der Waals surface area contributed by atoms with Gasteiger partial charge in [-0.05, 0) is 55.9 Å². The highest BCUT2D eigenvalue weighted by atomic mass is 19.3. The number of alkyl halides is 2. The van der Waals surface area contributed by atoms with Crippen molar-refractivity contribution in [2.24, 2.45) is 5.92 Å². The molecular formula is C27H33F3O2. The molecule has 0 heterocycles. The van der Waals surface area contributed by atoms with Crippen molar-refractivity contribution in [1.29, 1.82) is 0 Å². The first-order valence-electron chi connectivity index (χ1n) is 11.7. The van der Waals surface area contributed by atoms with E-state index in [9.17, 15) is 13.2 Å². The van der Waals surface area contributed by atoms with Crippen LogP contribution in [-0.2, 0) is 6.42 Å². The molecule has 0 spiro atoms. The maximum Gasteiger partial charge on any atom is 0.270 e. The van der Waals surface area contributed by atoms with Gasteiger partial charge in [0.15, 0.2) is 11.6 Å². The van der Waals surface area contributed by atoms with Crippen molar-refractivity contribution in [3.05, 3.63) is 71.1 Å². The summed E-state index contributed by atoms with van der Waals surface area (Å²) in [5.41, 5.74) is 1.95. The molecule has 0 bridgehead atoms. The molecule has 2 nitrogen and oxygen atoms in total. The van der Waals surface area contributed by atoms with Crippen LogP contribution < -0.4 is 9.47 Å². The first kappa shape index (κ1) is 24.2. The lowest BCUT2D eigenvalue weighted by Gasteiger charge is -2.24. The van der Waals surface area contributed by atoms with Crippen molar-refractivity contribution < 1.29 is 22.6 Å². The van der Waals surface area contributed by atoms with E-state index in [1.807, 2.05) is 0 Å². The van der Waals surface area contributed by atoms with E-state index in [2.05, 4.69) is 43.3 Å². The van der Waals surface area contributed by atoms with Crippen LogP contribution in [0.4, 0.5) is 13.2 Å². The second-order valence-corrected chi connectivity index (χ2v) is 8.36. The molecule has 2 aromatic carbocycles. The number of benzene rings is 2. The Morgan fingerprint density at radius 2 is 1.66 bits per heavy atom. The molecule has 5 heteroatoms. The zero-order valence-corrected chi connectivity index (χ0v) is 19.0. The number of hydrogen-bond donors (Lipinski definition) is 0. The van der Waals surface area contributed by atoms with E-state index in [0.717, 1.165) is 19.3 Å². The molecule has 0 saturated carbocycles. The molecule has 0 N–H and O–H groups in total. The highest BCUT2D eigenvalue weighted by Gasteiger charge is 2.25. The molecule has 0 fully saturated rings. The lowest BCUT2D eigenvalue weighted by atomic mass is 9.84. The summed E-state index contributed by atoms with van der Waals surface area (Å²) in [6.07, 6.45) is 8.01. The van der Waals surface area contributed by atoms with E-state index in [0.29, 0.717) is 5.92 Å². The third-order valence-electron chi connectivity index (χ3n) is 6.02. The highest BCUT2D eigenvalue weighted by Crippen LogP contribution is 2.37. The molecule has 2 unspecified atom stereocenters. The van der Waals surface area contributed by atoms with Gasteiger partial charge in [-0.25, -0.2) is 13.2 Å². The summed E-state index contributed by atoms with van der Waals surface area (Å²) < 4.78 is 52.0. The van der Waals surface area contributed by atoms with E-state index in [-0.39, 0.29) is 30.6 Å². The van der Waals surface area contributed by atoms with E-state index in [1.165, 1.54) is 42.5 Å². The van der Waals surface area contributed by atoms with Crippen molar-refractivity contribution in [2.45, 2.75) is 64.7 Å². The van der Waals surface area contributed by atoms with E-state index >= 15 is 0 Å². The third kappa shape index (κ3) is 6.30. The summed E-state index contributed by atoms with van der Waals surface area (Å²) in [6, 6.07) is 11.6. The second kappa shape index (κ2) is 12.0. The van der Waals surface area contributed by atoms with Crippen molar-refractivity contribution in [3.63, 3.8) is 0 Å². The van der Waals surface area contributed by atoms with Crippen LogP contribution in [0.2, 0.25) is 0 Å². The van der Waals surface area contributed by atoms with Crippen molar-refractivity contribution in [2.75, 3.05) is 13.2 Å². The van der Waals surface area contributed by atoms with Crippen LogP contribution in [0.3, 0.4) is 0 Å². The van der Waals surface area contributed by atoms with Gasteiger partial charge in [0.2, 0.25) is 0 Å². The van der Waals surface area contributed by atoms with Gasteiger partial charge in [-0.2, -0.15) is 0 Å². The molecular weight excluding hydrogens is 413 g/mol. The number of aryl methyl sites for hydroxylation is 1. The van der Waals surface area contributed by atoms with E-state index in [4.69, 9.17) is 9.47 Å². The average molecular weight is 447 g/mol. The molecule has 2 atom stereocenters. The van der Waals surface area contributed by atoms with Crippen LogP contribution in [0.5, 0.6) is 11.5 Å². The van der Waals surface area contributed by atoms with Gasteiger partial charge in [-0.15, -0.1) is 0 Å². The second-order valence-electron chi connectivity index (χ2n) is 8.36. The number of rotatable bonds is 11. The molecule has 1 aliphatic carbocycles. The summed E-state index contributed by atoms with van der Waals surface area (Å²) >= 11 is 0. The molecule has 32 heavy (non-hydrogen) atoms. The van der Waals surface area contributed by atoms with E-state index < -0.39 is 17.8 Å². The van der Waals surface area contributed by atoms with Gasteiger partial charge >= 0.3 is 0 Å². The molecule has 2 aromatic rings. The average Bonchev–Trinajstić information content (AvgIpc) is 2.80. The maximum atomic E-state index is 14.4. The number of unbranched alkanes of at least 4 members (excludes halogenated alkanes) is 2. The Kier molecular flexibility index (Phi) is 9.07. The molecule has 3 rings (SSSR count). The summed E-state index contributed by atoms with van der Waals surface area (Å²) in [6.45, 7) is 4.34. The topological polar surface area (TPSA) is 18.5 Å². The minimum Gasteiger partial charge on any atom is -0.492 e. The van der Waals surface area contributed by atoms with Crippen molar-refractivity contribution in [3.8, 4) is 11.5 Å². The van der Waals surface area contributed by atoms with E-state index in [1.54, 1.807) is 6.92 Å². The smallest absolute Gasteiger partial charge is 0.270 e. The Hall–Kier alpha value is -2.43. The highest BCUT2D eigenvalue weighted by molar-refractivity contribution is 5.43. The fourth-order valence-corrected chi connectivity index (χ4v) is 4.15. The molecule has 0 aromatic heterocycles. The van der Waals surface area contributed by atoms with Gasteiger partial charge in [-0.1, -0.05) is 56.2 Å². The lowest BCUT2D eigenvalue weighted by Crippen LogP contribution is -2.16. The summed E-state index contributed by atoms with van der Waals surface area (Å²) in [7, 11) is 0. The molecule has 1 aliphatic rings. The predicted octanol–water partition coefficient (Wildman–Crippen LogP) is 8.02. The Morgan fingerprint density at radius 3 is 2.28 bits per heavy atom. The molecule has 0 aliphatic heterocycles. The van der Waals surface area contributed by atoms with Crippen LogP contribution in [0.25, 0.3) is 0 Å². The van der Waals surface area contributed by atoms with Crippen molar-refractivity contribution >= 4 is 0 Å².